The Hall–Kier alpha value is -1.99. The van der Waals surface area contributed by atoms with Gasteiger partial charge in [0.2, 0.25) is 5.76 Å². The number of nitrogens with one attached hydrogen (secondary N) is 1. The fourth-order valence-electron chi connectivity index (χ4n) is 1.33. The van der Waals surface area contributed by atoms with Crippen LogP contribution < -0.4 is 5.32 Å². The minimum absolute atomic E-state index is 0.0836. The summed E-state index contributed by atoms with van der Waals surface area (Å²) in [5, 5.41) is 11.6. The van der Waals surface area contributed by atoms with E-state index in [9.17, 15) is 4.39 Å². The molecule has 0 fully saturated rings. The Labute approximate surface area is 102 Å². The summed E-state index contributed by atoms with van der Waals surface area (Å²) >= 11 is 5.56. The van der Waals surface area contributed by atoms with Gasteiger partial charge in [-0.2, -0.15) is 5.26 Å². The van der Waals surface area contributed by atoms with Crippen molar-refractivity contribution >= 4 is 17.3 Å². The van der Waals surface area contributed by atoms with Crippen LogP contribution in [0.5, 0.6) is 0 Å². The fraction of sp³-hybridized carbons (Fsp3) is 0.0833. The topological polar surface area (TPSA) is 49.0 Å². The zero-order valence-electron chi connectivity index (χ0n) is 8.71. The summed E-state index contributed by atoms with van der Waals surface area (Å²) in [6.07, 6.45) is 0. The van der Waals surface area contributed by atoms with Gasteiger partial charge in [-0.05, 0) is 30.3 Å². The molecule has 1 heterocycles. The molecule has 0 saturated heterocycles. The van der Waals surface area contributed by atoms with Gasteiger partial charge < -0.3 is 9.73 Å². The van der Waals surface area contributed by atoms with Gasteiger partial charge in [-0.3, -0.25) is 0 Å². The number of rotatable bonds is 3. The van der Waals surface area contributed by atoms with Gasteiger partial charge in [0.1, 0.15) is 17.6 Å². The van der Waals surface area contributed by atoms with Gasteiger partial charge in [-0.1, -0.05) is 11.6 Å². The number of nitriles is 1. The molecule has 0 saturated carbocycles. The summed E-state index contributed by atoms with van der Waals surface area (Å²) in [5.74, 6) is 0.384. The van der Waals surface area contributed by atoms with E-state index < -0.39 is 5.82 Å². The Morgan fingerprint density at radius 2 is 2.18 bits per heavy atom. The highest BCUT2D eigenvalue weighted by Crippen LogP contribution is 2.19. The van der Waals surface area contributed by atoms with Crippen LogP contribution in [0.4, 0.5) is 10.1 Å². The highest BCUT2D eigenvalue weighted by molar-refractivity contribution is 6.30. The number of hydrogen-bond acceptors (Lipinski definition) is 3. The molecule has 1 N–H and O–H groups in total. The molecule has 2 aromatic rings. The quantitative estimate of drug-likeness (QED) is 0.906. The maximum absolute atomic E-state index is 13.1. The van der Waals surface area contributed by atoms with Gasteiger partial charge >= 0.3 is 0 Å². The molecular formula is C12H8ClFN2O. The van der Waals surface area contributed by atoms with Crippen LogP contribution in [0.1, 0.15) is 11.5 Å². The van der Waals surface area contributed by atoms with Gasteiger partial charge in [0, 0.05) is 5.69 Å². The van der Waals surface area contributed by atoms with Crippen molar-refractivity contribution in [3.8, 4) is 6.07 Å². The predicted octanol–water partition coefficient (Wildman–Crippen LogP) is 3.56. The predicted molar refractivity (Wildman–Crippen MR) is 62.2 cm³/mol. The molecule has 0 aliphatic heterocycles. The third kappa shape index (κ3) is 2.77. The molecule has 3 nitrogen and oxygen atoms in total. The minimum Gasteiger partial charge on any atom is -0.449 e. The number of benzene rings is 1. The van der Waals surface area contributed by atoms with Gasteiger partial charge in [0.25, 0.3) is 0 Å². The summed E-state index contributed by atoms with van der Waals surface area (Å²) in [6, 6.07) is 9.61. The van der Waals surface area contributed by atoms with Crippen LogP contribution in [0, 0.1) is 17.1 Å². The lowest BCUT2D eigenvalue weighted by Crippen LogP contribution is -1.98. The van der Waals surface area contributed by atoms with Crippen molar-refractivity contribution in [2.75, 3.05) is 5.32 Å². The second-order valence-corrected chi connectivity index (χ2v) is 3.77. The molecule has 0 aliphatic carbocycles. The van der Waals surface area contributed by atoms with Crippen LogP contribution in [-0.2, 0) is 6.54 Å². The van der Waals surface area contributed by atoms with E-state index in [1.165, 1.54) is 12.1 Å². The van der Waals surface area contributed by atoms with E-state index in [1.54, 1.807) is 18.2 Å². The Morgan fingerprint density at radius 1 is 1.35 bits per heavy atom. The van der Waals surface area contributed by atoms with Crippen LogP contribution in [-0.4, -0.2) is 0 Å². The molecule has 86 valence electrons. The number of hydrogen-bond donors (Lipinski definition) is 1. The first-order valence-electron chi connectivity index (χ1n) is 4.87. The van der Waals surface area contributed by atoms with E-state index in [2.05, 4.69) is 5.32 Å². The number of halogens is 2. The standard InChI is InChI=1S/C12H8ClFN2O/c13-11-4-1-8(5-12(11)14)16-7-10-3-2-9(6-15)17-10/h1-5,16H,7H2. The molecule has 0 amide bonds. The summed E-state index contributed by atoms with van der Waals surface area (Å²) < 4.78 is 18.3. The second-order valence-electron chi connectivity index (χ2n) is 3.36. The van der Waals surface area contributed by atoms with Gasteiger partial charge in [-0.15, -0.1) is 0 Å². The van der Waals surface area contributed by atoms with E-state index in [0.717, 1.165) is 0 Å². The van der Waals surface area contributed by atoms with E-state index in [0.29, 0.717) is 18.0 Å². The van der Waals surface area contributed by atoms with Gasteiger partial charge in [-0.25, -0.2) is 4.39 Å². The summed E-state index contributed by atoms with van der Waals surface area (Å²) in [4.78, 5) is 0. The Morgan fingerprint density at radius 3 is 2.82 bits per heavy atom. The zero-order chi connectivity index (χ0) is 12.3. The van der Waals surface area contributed by atoms with Gasteiger partial charge in [0.15, 0.2) is 0 Å². The van der Waals surface area contributed by atoms with Crippen molar-refractivity contribution in [1.29, 1.82) is 5.26 Å². The highest BCUT2D eigenvalue weighted by atomic mass is 35.5. The second kappa shape index (κ2) is 4.89. The van der Waals surface area contributed by atoms with Crippen LogP contribution in [0.2, 0.25) is 5.02 Å². The molecular weight excluding hydrogens is 243 g/mol. The molecule has 0 spiro atoms. The Balaban J connectivity index is 2.02. The third-order valence-electron chi connectivity index (χ3n) is 2.16. The van der Waals surface area contributed by atoms with E-state index in [4.69, 9.17) is 21.3 Å². The zero-order valence-corrected chi connectivity index (χ0v) is 9.46. The summed E-state index contributed by atoms with van der Waals surface area (Å²) in [7, 11) is 0. The smallest absolute Gasteiger partial charge is 0.203 e. The van der Waals surface area contributed by atoms with E-state index in [1.807, 2.05) is 6.07 Å². The first kappa shape index (κ1) is 11.5. The van der Waals surface area contributed by atoms with E-state index in [-0.39, 0.29) is 10.8 Å². The van der Waals surface area contributed by atoms with Crippen molar-refractivity contribution in [2.45, 2.75) is 6.54 Å². The summed E-state index contributed by atoms with van der Waals surface area (Å²) in [5.41, 5.74) is 0.599. The van der Waals surface area contributed by atoms with Crippen LogP contribution in [0.3, 0.4) is 0 Å². The Bertz CT molecular complexity index is 574. The molecule has 17 heavy (non-hydrogen) atoms. The van der Waals surface area contributed by atoms with Gasteiger partial charge in [0.05, 0.1) is 11.6 Å². The van der Waals surface area contributed by atoms with Crippen molar-refractivity contribution in [2.24, 2.45) is 0 Å². The number of furan rings is 1. The largest absolute Gasteiger partial charge is 0.449 e. The lowest BCUT2D eigenvalue weighted by Gasteiger charge is -2.04. The number of nitrogens with zero attached hydrogens (tertiary/aromatic N) is 1. The average Bonchev–Trinajstić information content (AvgIpc) is 2.79. The molecule has 0 unspecified atom stereocenters. The first-order valence-corrected chi connectivity index (χ1v) is 5.24. The molecule has 0 bridgehead atoms. The highest BCUT2D eigenvalue weighted by Gasteiger charge is 2.03. The monoisotopic (exact) mass is 250 g/mol. The lowest BCUT2D eigenvalue weighted by atomic mass is 10.3. The maximum atomic E-state index is 13.1. The maximum Gasteiger partial charge on any atom is 0.203 e. The first-order chi connectivity index (χ1) is 8.19. The number of anilines is 1. The van der Waals surface area contributed by atoms with E-state index >= 15 is 0 Å². The lowest BCUT2D eigenvalue weighted by molar-refractivity contribution is 0.506. The molecule has 2 rings (SSSR count). The summed E-state index contributed by atoms with van der Waals surface area (Å²) in [6.45, 7) is 0.378. The van der Waals surface area contributed by atoms with Crippen molar-refractivity contribution in [3.05, 3.63) is 52.7 Å². The van der Waals surface area contributed by atoms with Crippen LogP contribution in [0.25, 0.3) is 0 Å². The van der Waals surface area contributed by atoms with Crippen LogP contribution in [0.15, 0.2) is 34.7 Å². The normalized spacial score (nSPS) is 9.94. The molecule has 0 radical (unpaired) electrons. The molecule has 5 heteroatoms. The fourth-order valence-corrected chi connectivity index (χ4v) is 1.45. The van der Waals surface area contributed by atoms with Crippen LogP contribution >= 0.6 is 11.6 Å². The average molecular weight is 251 g/mol. The SMILES string of the molecule is N#Cc1ccc(CNc2ccc(Cl)c(F)c2)o1. The molecule has 0 atom stereocenters. The molecule has 1 aromatic heterocycles. The Kier molecular flexibility index (Phi) is 3.31. The molecule has 0 aliphatic rings. The van der Waals surface area contributed by atoms with Crippen molar-refractivity contribution in [1.82, 2.24) is 0 Å². The molecule has 1 aromatic carbocycles. The third-order valence-corrected chi connectivity index (χ3v) is 2.46. The van der Waals surface area contributed by atoms with Crippen molar-refractivity contribution < 1.29 is 8.81 Å². The van der Waals surface area contributed by atoms with Crippen molar-refractivity contribution in [3.63, 3.8) is 0 Å². The minimum atomic E-state index is -0.478.